The lowest BCUT2D eigenvalue weighted by Crippen LogP contribution is -2.34. The molecule has 2 aliphatic rings. The SMILES string of the molecule is Cc1cc(C(=O)NC[C@H]2CN(c3cc(F)c4c(c3)CCC[C@@H](C(=O)c3cc(C)on3)C4=O)C(=O)O2)no1. The van der Waals surface area contributed by atoms with Gasteiger partial charge in [0.1, 0.15) is 23.4 Å². The molecule has 1 saturated heterocycles. The molecule has 1 aliphatic carbocycles. The van der Waals surface area contributed by atoms with Crippen LogP contribution in [0.2, 0.25) is 0 Å². The summed E-state index contributed by atoms with van der Waals surface area (Å²) in [5, 5.41) is 9.96. The van der Waals surface area contributed by atoms with Crippen molar-refractivity contribution in [2.45, 2.75) is 39.2 Å². The van der Waals surface area contributed by atoms with Crippen molar-refractivity contribution >= 4 is 29.3 Å². The molecule has 3 heterocycles. The molecular formula is C25H23FN4O7. The number of Topliss-reactive ketones (excluding diaryl/α,β-unsaturated/α-hetero) is 2. The average Bonchev–Trinajstić information content (AvgIpc) is 3.56. The van der Waals surface area contributed by atoms with Gasteiger partial charge >= 0.3 is 6.09 Å². The van der Waals surface area contributed by atoms with Crippen LogP contribution in [0.3, 0.4) is 0 Å². The second-order valence-corrected chi connectivity index (χ2v) is 9.11. The fourth-order valence-corrected chi connectivity index (χ4v) is 4.60. The van der Waals surface area contributed by atoms with E-state index in [0.29, 0.717) is 29.9 Å². The number of nitrogens with zero attached hydrogens (tertiary/aromatic N) is 3. The summed E-state index contributed by atoms with van der Waals surface area (Å²) in [6.07, 6.45) is -0.320. The number of anilines is 1. The molecular weight excluding hydrogens is 487 g/mol. The smallest absolute Gasteiger partial charge is 0.414 e. The molecule has 12 heteroatoms. The molecule has 1 fully saturated rings. The summed E-state index contributed by atoms with van der Waals surface area (Å²) >= 11 is 0. The van der Waals surface area contributed by atoms with E-state index in [-0.39, 0.29) is 42.1 Å². The van der Waals surface area contributed by atoms with E-state index >= 15 is 4.39 Å². The molecule has 2 atom stereocenters. The number of amides is 2. The van der Waals surface area contributed by atoms with Crippen molar-refractivity contribution in [1.82, 2.24) is 15.6 Å². The largest absolute Gasteiger partial charge is 0.442 e. The van der Waals surface area contributed by atoms with Crippen molar-refractivity contribution < 1.29 is 37.4 Å². The molecule has 0 unspecified atom stereocenters. The zero-order valence-electron chi connectivity index (χ0n) is 20.1. The number of carbonyl (C=O) groups excluding carboxylic acids is 4. The van der Waals surface area contributed by atoms with Gasteiger partial charge in [0.25, 0.3) is 5.91 Å². The molecule has 1 N–H and O–H groups in total. The first-order valence-electron chi connectivity index (χ1n) is 11.7. The number of aryl methyl sites for hydroxylation is 3. The molecule has 0 spiro atoms. The third-order valence-corrected chi connectivity index (χ3v) is 6.39. The van der Waals surface area contributed by atoms with Crippen LogP contribution in [0.5, 0.6) is 0 Å². The van der Waals surface area contributed by atoms with Gasteiger partial charge in [0.05, 0.1) is 30.3 Å². The predicted octanol–water partition coefficient (Wildman–Crippen LogP) is 3.19. The maximum absolute atomic E-state index is 15.3. The van der Waals surface area contributed by atoms with E-state index in [2.05, 4.69) is 15.6 Å². The second-order valence-electron chi connectivity index (χ2n) is 9.11. The first-order chi connectivity index (χ1) is 17.7. The zero-order valence-corrected chi connectivity index (χ0v) is 20.1. The Balaban J connectivity index is 1.31. The van der Waals surface area contributed by atoms with Gasteiger partial charge in [0.15, 0.2) is 23.0 Å². The second kappa shape index (κ2) is 9.60. The molecule has 5 rings (SSSR count). The van der Waals surface area contributed by atoms with Gasteiger partial charge in [-0.3, -0.25) is 19.3 Å². The zero-order chi connectivity index (χ0) is 26.3. The Labute approximate surface area is 209 Å². The van der Waals surface area contributed by atoms with Crippen LogP contribution in [0.25, 0.3) is 0 Å². The van der Waals surface area contributed by atoms with E-state index < -0.39 is 41.4 Å². The summed E-state index contributed by atoms with van der Waals surface area (Å²) in [6, 6.07) is 5.59. The third-order valence-electron chi connectivity index (χ3n) is 6.39. The minimum atomic E-state index is -1.07. The number of aromatic nitrogens is 2. The number of ketones is 2. The van der Waals surface area contributed by atoms with Gasteiger partial charge in [-0.05, 0) is 50.8 Å². The van der Waals surface area contributed by atoms with E-state index in [9.17, 15) is 19.2 Å². The Morgan fingerprint density at radius 1 is 1.08 bits per heavy atom. The predicted molar refractivity (Wildman–Crippen MR) is 124 cm³/mol. The number of hydrogen-bond acceptors (Lipinski definition) is 9. The highest BCUT2D eigenvalue weighted by Gasteiger charge is 2.37. The third kappa shape index (κ3) is 4.74. The lowest BCUT2D eigenvalue weighted by atomic mass is 9.89. The van der Waals surface area contributed by atoms with Crippen molar-refractivity contribution in [3.8, 4) is 0 Å². The van der Waals surface area contributed by atoms with E-state index in [1.54, 1.807) is 19.9 Å². The van der Waals surface area contributed by atoms with Gasteiger partial charge in [-0.25, -0.2) is 9.18 Å². The lowest BCUT2D eigenvalue weighted by molar-refractivity contribution is 0.0793. The van der Waals surface area contributed by atoms with Gasteiger partial charge in [0, 0.05) is 12.1 Å². The Bertz CT molecular complexity index is 1410. The molecule has 0 bridgehead atoms. The summed E-state index contributed by atoms with van der Waals surface area (Å²) in [5.74, 6) is -2.57. The number of benzene rings is 1. The molecule has 3 aromatic rings. The highest BCUT2D eigenvalue weighted by Crippen LogP contribution is 2.33. The fraction of sp³-hybridized carbons (Fsp3) is 0.360. The number of halogens is 1. The summed E-state index contributed by atoms with van der Waals surface area (Å²) in [7, 11) is 0. The van der Waals surface area contributed by atoms with Crippen molar-refractivity contribution in [2.24, 2.45) is 5.92 Å². The van der Waals surface area contributed by atoms with Gasteiger partial charge in [-0.1, -0.05) is 10.3 Å². The van der Waals surface area contributed by atoms with Crippen LogP contribution in [-0.4, -0.2) is 53.1 Å². The molecule has 11 nitrogen and oxygen atoms in total. The Morgan fingerprint density at radius 3 is 2.46 bits per heavy atom. The Morgan fingerprint density at radius 2 is 1.78 bits per heavy atom. The van der Waals surface area contributed by atoms with Gasteiger partial charge in [-0.2, -0.15) is 0 Å². The van der Waals surface area contributed by atoms with Gasteiger partial charge < -0.3 is 19.1 Å². The minimum Gasteiger partial charge on any atom is -0.442 e. The number of ether oxygens (including phenoxy) is 1. The van der Waals surface area contributed by atoms with Crippen LogP contribution in [0.4, 0.5) is 14.9 Å². The van der Waals surface area contributed by atoms with Crippen molar-refractivity contribution in [3.63, 3.8) is 0 Å². The summed E-state index contributed by atoms with van der Waals surface area (Å²) in [6.45, 7) is 3.37. The van der Waals surface area contributed by atoms with E-state index in [0.717, 1.165) is 6.07 Å². The topological polar surface area (TPSA) is 145 Å². The number of rotatable bonds is 6. The summed E-state index contributed by atoms with van der Waals surface area (Å²) < 4.78 is 30.5. The fourth-order valence-electron chi connectivity index (χ4n) is 4.60. The number of carbonyl (C=O) groups is 4. The number of fused-ring (bicyclic) bond motifs is 1. The van der Waals surface area contributed by atoms with Crippen LogP contribution < -0.4 is 10.2 Å². The molecule has 192 valence electrons. The molecule has 1 aliphatic heterocycles. The van der Waals surface area contributed by atoms with Crippen LogP contribution in [0.1, 0.15) is 61.3 Å². The van der Waals surface area contributed by atoms with Crippen LogP contribution >= 0.6 is 0 Å². The lowest BCUT2D eigenvalue weighted by Gasteiger charge is -2.17. The number of hydrogen-bond donors (Lipinski definition) is 1. The molecule has 37 heavy (non-hydrogen) atoms. The number of cyclic esters (lactones) is 1. The van der Waals surface area contributed by atoms with Gasteiger partial charge in [-0.15, -0.1) is 0 Å². The molecule has 1 aromatic carbocycles. The highest BCUT2D eigenvalue weighted by atomic mass is 19.1. The summed E-state index contributed by atoms with van der Waals surface area (Å²) in [5.41, 5.74) is 0.628. The molecule has 0 radical (unpaired) electrons. The normalized spacial score (nSPS) is 19.4. The number of nitrogens with one attached hydrogen (secondary N) is 1. The van der Waals surface area contributed by atoms with Crippen LogP contribution in [0, 0.1) is 25.6 Å². The van der Waals surface area contributed by atoms with E-state index in [4.69, 9.17) is 13.8 Å². The standard InChI is InChI=1S/C25H23FN4O7/c1-12-6-19(28-36-12)22(31)17-5-3-4-14-8-15(9-18(26)21(14)23(17)32)30-11-16(35-25(30)34)10-27-24(33)20-7-13(2)37-29-20/h6-9,16-17H,3-5,10-11H2,1-2H3,(H,27,33)/t16-,17-/m0/s1. The average molecular weight is 510 g/mol. The maximum Gasteiger partial charge on any atom is 0.414 e. The quantitative estimate of drug-likeness (QED) is 0.300. The Hall–Kier alpha value is -4.35. The van der Waals surface area contributed by atoms with E-state index in [1.807, 2.05) is 0 Å². The van der Waals surface area contributed by atoms with Crippen LogP contribution in [-0.2, 0) is 11.2 Å². The summed E-state index contributed by atoms with van der Waals surface area (Å²) in [4.78, 5) is 52.1. The first kappa shape index (κ1) is 24.3. The Kier molecular flexibility index (Phi) is 6.32. The monoisotopic (exact) mass is 510 g/mol. The molecule has 2 aromatic heterocycles. The highest BCUT2D eigenvalue weighted by molar-refractivity contribution is 6.16. The molecule has 2 amide bonds. The van der Waals surface area contributed by atoms with Crippen molar-refractivity contribution in [1.29, 1.82) is 0 Å². The molecule has 0 saturated carbocycles. The first-order valence-corrected chi connectivity index (χ1v) is 11.7. The van der Waals surface area contributed by atoms with E-state index in [1.165, 1.54) is 17.0 Å². The van der Waals surface area contributed by atoms with Crippen molar-refractivity contribution in [2.75, 3.05) is 18.0 Å². The maximum atomic E-state index is 15.3. The van der Waals surface area contributed by atoms with Crippen LogP contribution in [0.15, 0.2) is 33.3 Å². The van der Waals surface area contributed by atoms with Gasteiger partial charge in [0.2, 0.25) is 0 Å². The minimum absolute atomic E-state index is 0.0181. The van der Waals surface area contributed by atoms with Crippen molar-refractivity contribution in [3.05, 3.63) is 64.1 Å².